The average Bonchev–Trinajstić information content (AvgIpc) is 2.98. The highest BCUT2D eigenvalue weighted by Crippen LogP contribution is 2.25. The fourth-order valence-corrected chi connectivity index (χ4v) is 3.29. The van der Waals surface area contributed by atoms with Crippen LogP contribution in [0.3, 0.4) is 0 Å². The normalized spacial score (nSPS) is 16.5. The van der Waals surface area contributed by atoms with Crippen molar-refractivity contribution in [1.29, 1.82) is 0 Å². The Bertz CT molecular complexity index is 718. The molecule has 1 aromatic carbocycles. The van der Waals surface area contributed by atoms with Crippen LogP contribution in [-0.4, -0.2) is 55.3 Å². The van der Waals surface area contributed by atoms with Gasteiger partial charge in [0.05, 0.1) is 19.7 Å². The molecule has 130 valence electrons. The van der Waals surface area contributed by atoms with Gasteiger partial charge in [-0.25, -0.2) is 4.79 Å². The lowest BCUT2D eigenvalue weighted by atomic mass is 10.1. The molecule has 0 unspecified atom stereocenters. The first kappa shape index (κ1) is 16.8. The highest BCUT2D eigenvalue weighted by molar-refractivity contribution is 5.96. The number of nitrogens with zero attached hydrogens (tertiary/aromatic N) is 2. The number of ether oxygens (including phenoxy) is 2. The summed E-state index contributed by atoms with van der Waals surface area (Å²) in [5.41, 5.74) is 7.54. The largest absolute Gasteiger partial charge is 0.497 e. The Balaban J connectivity index is 1.87. The molecule has 1 aliphatic heterocycles. The fraction of sp³-hybridized carbons (Fsp3) is 0.500. The van der Waals surface area contributed by atoms with Crippen LogP contribution in [0.25, 0.3) is 10.9 Å². The standard InChI is InChI=1S/C18H25N3O3/c1-23-15-4-3-13-11-17(18(22)24-2)21(16(13)12-15)10-9-20-7-5-14(19)6-8-20/h3-4,11-12,14H,5-10,19H2,1-2H3. The monoisotopic (exact) mass is 331 g/mol. The number of hydrogen-bond donors (Lipinski definition) is 1. The summed E-state index contributed by atoms with van der Waals surface area (Å²) in [7, 11) is 3.06. The minimum atomic E-state index is -0.314. The zero-order chi connectivity index (χ0) is 17.1. The number of nitrogens with two attached hydrogens (primary N) is 1. The van der Waals surface area contributed by atoms with Crippen molar-refractivity contribution in [3.8, 4) is 5.75 Å². The summed E-state index contributed by atoms with van der Waals surface area (Å²) in [6.07, 6.45) is 2.06. The van der Waals surface area contributed by atoms with Crippen molar-refractivity contribution in [2.24, 2.45) is 5.73 Å². The summed E-state index contributed by atoms with van der Waals surface area (Å²) in [5.74, 6) is 0.466. The van der Waals surface area contributed by atoms with E-state index in [9.17, 15) is 4.79 Å². The van der Waals surface area contributed by atoms with Crippen molar-refractivity contribution >= 4 is 16.9 Å². The van der Waals surface area contributed by atoms with Gasteiger partial charge in [0.15, 0.2) is 0 Å². The highest BCUT2D eigenvalue weighted by atomic mass is 16.5. The van der Waals surface area contributed by atoms with E-state index in [1.807, 2.05) is 28.8 Å². The molecule has 0 amide bonds. The second kappa shape index (κ2) is 7.23. The molecular formula is C18H25N3O3. The van der Waals surface area contributed by atoms with Crippen molar-refractivity contribution in [3.05, 3.63) is 30.0 Å². The minimum absolute atomic E-state index is 0.314. The summed E-state index contributed by atoms with van der Waals surface area (Å²) in [5, 5.41) is 1.01. The molecule has 3 rings (SSSR count). The SMILES string of the molecule is COC(=O)c1cc2ccc(OC)cc2n1CCN1CCC(N)CC1. The van der Waals surface area contributed by atoms with Gasteiger partial charge in [0.2, 0.25) is 0 Å². The number of fused-ring (bicyclic) bond motifs is 1. The van der Waals surface area contributed by atoms with Crippen molar-refractivity contribution in [1.82, 2.24) is 9.47 Å². The second-order valence-corrected chi connectivity index (χ2v) is 6.28. The third kappa shape index (κ3) is 3.39. The molecule has 1 fully saturated rings. The number of likely N-dealkylation sites (tertiary alicyclic amines) is 1. The molecule has 6 nitrogen and oxygen atoms in total. The van der Waals surface area contributed by atoms with Crippen LogP contribution in [-0.2, 0) is 11.3 Å². The van der Waals surface area contributed by atoms with Gasteiger partial charge in [-0.05, 0) is 44.1 Å². The smallest absolute Gasteiger partial charge is 0.354 e. The molecule has 1 aliphatic rings. The van der Waals surface area contributed by atoms with E-state index in [0.717, 1.165) is 55.7 Å². The predicted octanol–water partition coefficient (Wildman–Crippen LogP) is 1.86. The molecule has 24 heavy (non-hydrogen) atoms. The van der Waals surface area contributed by atoms with Crippen LogP contribution >= 0.6 is 0 Å². The van der Waals surface area contributed by atoms with E-state index in [1.54, 1.807) is 7.11 Å². The fourth-order valence-electron chi connectivity index (χ4n) is 3.29. The number of carbonyl (C=O) groups excluding carboxylic acids is 1. The first-order valence-electron chi connectivity index (χ1n) is 8.36. The molecular weight excluding hydrogens is 306 g/mol. The van der Waals surface area contributed by atoms with E-state index in [-0.39, 0.29) is 5.97 Å². The van der Waals surface area contributed by atoms with Crippen molar-refractivity contribution < 1.29 is 14.3 Å². The Morgan fingerprint density at radius 2 is 1.96 bits per heavy atom. The van der Waals surface area contributed by atoms with E-state index in [1.165, 1.54) is 7.11 Å². The summed E-state index contributed by atoms with van der Waals surface area (Å²) < 4.78 is 12.3. The van der Waals surface area contributed by atoms with Crippen LogP contribution < -0.4 is 10.5 Å². The van der Waals surface area contributed by atoms with Crippen molar-refractivity contribution in [3.63, 3.8) is 0 Å². The van der Waals surface area contributed by atoms with Gasteiger partial charge in [0.1, 0.15) is 11.4 Å². The van der Waals surface area contributed by atoms with Crippen LogP contribution in [0.4, 0.5) is 0 Å². The Morgan fingerprint density at radius 1 is 1.21 bits per heavy atom. The first-order valence-corrected chi connectivity index (χ1v) is 8.36. The summed E-state index contributed by atoms with van der Waals surface area (Å²) in [6.45, 7) is 3.64. The Morgan fingerprint density at radius 3 is 2.62 bits per heavy atom. The number of carbonyl (C=O) groups is 1. The van der Waals surface area contributed by atoms with E-state index in [4.69, 9.17) is 15.2 Å². The maximum absolute atomic E-state index is 12.1. The maximum atomic E-state index is 12.1. The Kier molecular flexibility index (Phi) is 5.06. The van der Waals surface area contributed by atoms with E-state index in [2.05, 4.69) is 4.90 Å². The van der Waals surface area contributed by atoms with E-state index >= 15 is 0 Å². The molecule has 2 aromatic rings. The third-order valence-corrected chi connectivity index (χ3v) is 4.78. The molecule has 1 aromatic heterocycles. The molecule has 0 aliphatic carbocycles. The van der Waals surface area contributed by atoms with Gasteiger partial charge >= 0.3 is 5.97 Å². The van der Waals surface area contributed by atoms with Crippen LogP contribution in [0.1, 0.15) is 23.3 Å². The van der Waals surface area contributed by atoms with Crippen molar-refractivity contribution in [2.75, 3.05) is 33.9 Å². The van der Waals surface area contributed by atoms with E-state index < -0.39 is 0 Å². The lowest BCUT2D eigenvalue weighted by Crippen LogP contribution is -2.41. The molecule has 0 atom stereocenters. The number of methoxy groups -OCH3 is 2. The zero-order valence-corrected chi connectivity index (χ0v) is 14.3. The summed E-state index contributed by atoms with van der Waals surface area (Å²) in [4.78, 5) is 14.5. The summed E-state index contributed by atoms with van der Waals surface area (Å²) in [6, 6.07) is 8.04. The highest BCUT2D eigenvalue weighted by Gasteiger charge is 2.19. The van der Waals surface area contributed by atoms with Gasteiger partial charge in [0.25, 0.3) is 0 Å². The van der Waals surface area contributed by atoms with Crippen LogP contribution in [0.15, 0.2) is 24.3 Å². The lowest BCUT2D eigenvalue weighted by Gasteiger charge is -2.30. The topological polar surface area (TPSA) is 69.7 Å². The number of benzene rings is 1. The average molecular weight is 331 g/mol. The minimum Gasteiger partial charge on any atom is -0.497 e. The third-order valence-electron chi connectivity index (χ3n) is 4.78. The van der Waals surface area contributed by atoms with E-state index in [0.29, 0.717) is 11.7 Å². The van der Waals surface area contributed by atoms with Gasteiger partial charge in [-0.15, -0.1) is 0 Å². The quantitative estimate of drug-likeness (QED) is 0.847. The molecule has 0 bridgehead atoms. The van der Waals surface area contributed by atoms with Crippen LogP contribution in [0, 0.1) is 0 Å². The first-order chi connectivity index (χ1) is 11.6. The molecule has 6 heteroatoms. The predicted molar refractivity (Wildman–Crippen MR) is 93.5 cm³/mol. The Labute approximate surface area is 142 Å². The van der Waals surface area contributed by atoms with Gasteiger partial charge in [-0.2, -0.15) is 0 Å². The number of rotatable bonds is 5. The number of piperidine rings is 1. The van der Waals surface area contributed by atoms with Crippen LogP contribution in [0.2, 0.25) is 0 Å². The van der Waals surface area contributed by atoms with Crippen molar-refractivity contribution in [2.45, 2.75) is 25.4 Å². The summed E-state index contributed by atoms with van der Waals surface area (Å²) >= 11 is 0. The molecule has 2 N–H and O–H groups in total. The van der Waals surface area contributed by atoms with Gasteiger partial charge in [0, 0.05) is 30.6 Å². The number of esters is 1. The van der Waals surface area contributed by atoms with Gasteiger partial charge < -0.3 is 24.7 Å². The molecule has 0 saturated carbocycles. The molecule has 0 spiro atoms. The van der Waals surface area contributed by atoms with Crippen LogP contribution in [0.5, 0.6) is 5.75 Å². The molecule has 1 saturated heterocycles. The number of hydrogen-bond acceptors (Lipinski definition) is 5. The maximum Gasteiger partial charge on any atom is 0.354 e. The zero-order valence-electron chi connectivity index (χ0n) is 14.3. The van der Waals surface area contributed by atoms with Gasteiger partial charge in [-0.1, -0.05) is 0 Å². The Hall–Kier alpha value is -2.05. The molecule has 2 heterocycles. The molecule has 0 radical (unpaired) electrons. The second-order valence-electron chi connectivity index (χ2n) is 6.28. The number of aromatic nitrogens is 1. The lowest BCUT2D eigenvalue weighted by molar-refractivity contribution is 0.0588. The van der Waals surface area contributed by atoms with Gasteiger partial charge in [-0.3, -0.25) is 0 Å².